The van der Waals surface area contributed by atoms with Crippen molar-refractivity contribution in [1.82, 2.24) is 0 Å². The SMILES string of the molecule is CC1(C)Oc2ccc(C(C)(C)CCC(C)(C)c3ccc4c(c3)CCC4)cc2S1. The zero-order valence-corrected chi connectivity index (χ0v) is 19.1. The van der Waals surface area contributed by atoms with Crippen LogP contribution in [0.15, 0.2) is 41.3 Å². The van der Waals surface area contributed by atoms with Gasteiger partial charge in [0, 0.05) is 0 Å². The fraction of sp³-hybridized carbons (Fsp3) is 0.538. The third-order valence-corrected chi connectivity index (χ3v) is 7.81. The van der Waals surface area contributed by atoms with Gasteiger partial charge in [0.1, 0.15) is 5.75 Å². The molecule has 1 aliphatic heterocycles. The standard InChI is InChI=1S/C26H34OS/c1-24(2,20-11-10-18-8-7-9-19(18)16-20)14-15-25(3,4)21-12-13-22-23(17-21)28-26(5,6)27-22/h10-13,16-17H,7-9,14-15H2,1-6H3. The molecule has 2 heteroatoms. The molecule has 1 aliphatic carbocycles. The van der Waals surface area contributed by atoms with Gasteiger partial charge in [-0.05, 0) is 91.2 Å². The second-order valence-corrected chi connectivity index (χ2v) is 12.0. The highest BCUT2D eigenvalue weighted by molar-refractivity contribution is 8.00. The molecule has 4 rings (SSSR count). The van der Waals surface area contributed by atoms with Crippen LogP contribution >= 0.6 is 11.8 Å². The van der Waals surface area contributed by atoms with Crippen LogP contribution in [0.3, 0.4) is 0 Å². The zero-order valence-electron chi connectivity index (χ0n) is 18.3. The largest absolute Gasteiger partial charge is 0.476 e. The Labute approximate surface area is 175 Å². The summed E-state index contributed by atoms with van der Waals surface area (Å²) in [5.74, 6) is 1.04. The first-order chi connectivity index (χ1) is 13.1. The maximum absolute atomic E-state index is 6.03. The van der Waals surface area contributed by atoms with E-state index in [1.807, 2.05) is 11.8 Å². The summed E-state index contributed by atoms with van der Waals surface area (Å²) in [4.78, 5) is 1.13. The average molecular weight is 395 g/mol. The molecule has 2 aromatic carbocycles. The van der Waals surface area contributed by atoms with E-state index in [1.54, 1.807) is 11.1 Å². The second kappa shape index (κ2) is 6.83. The van der Waals surface area contributed by atoms with E-state index < -0.39 is 0 Å². The van der Waals surface area contributed by atoms with Crippen LogP contribution in [0.2, 0.25) is 0 Å². The zero-order chi connectivity index (χ0) is 20.2. The van der Waals surface area contributed by atoms with Crippen LogP contribution < -0.4 is 4.74 Å². The van der Waals surface area contributed by atoms with E-state index in [-0.39, 0.29) is 15.8 Å². The number of benzene rings is 2. The van der Waals surface area contributed by atoms with E-state index in [2.05, 4.69) is 77.9 Å². The molecule has 0 atom stereocenters. The third-order valence-electron chi connectivity index (χ3n) is 6.69. The van der Waals surface area contributed by atoms with Crippen molar-refractivity contribution in [3.63, 3.8) is 0 Å². The molecule has 0 N–H and O–H groups in total. The number of fused-ring (bicyclic) bond motifs is 2. The highest BCUT2D eigenvalue weighted by atomic mass is 32.2. The minimum atomic E-state index is -0.152. The van der Waals surface area contributed by atoms with Crippen molar-refractivity contribution in [3.05, 3.63) is 58.7 Å². The normalized spacial score (nSPS) is 17.9. The molecule has 0 spiro atoms. The number of rotatable bonds is 5. The first-order valence-electron chi connectivity index (χ1n) is 10.7. The summed E-state index contributed by atoms with van der Waals surface area (Å²) in [6.45, 7) is 13.9. The monoisotopic (exact) mass is 394 g/mol. The number of ether oxygens (including phenoxy) is 1. The Balaban J connectivity index is 1.49. The highest BCUT2D eigenvalue weighted by Crippen LogP contribution is 2.48. The van der Waals surface area contributed by atoms with E-state index in [4.69, 9.17) is 4.74 Å². The van der Waals surface area contributed by atoms with Crippen molar-refractivity contribution in [3.8, 4) is 5.75 Å². The molecule has 0 saturated carbocycles. The molecule has 0 bridgehead atoms. The predicted octanol–water partition coefficient (Wildman–Crippen LogP) is 7.43. The van der Waals surface area contributed by atoms with Gasteiger partial charge in [-0.15, -0.1) is 0 Å². The summed E-state index contributed by atoms with van der Waals surface area (Å²) in [5, 5.41) is 0. The van der Waals surface area contributed by atoms with Crippen LogP contribution in [-0.4, -0.2) is 4.93 Å². The van der Waals surface area contributed by atoms with Crippen molar-refractivity contribution >= 4 is 11.8 Å². The smallest absolute Gasteiger partial charge is 0.153 e. The fourth-order valence-corrected chi connectivity index (χ4v) is 5.61. The molecule has 0 amide bonds. The molecule has 0 radical (unpaired) electrons. The fourth-order valence-electron chi connectivity index (χ4n) is 4.55. The number of aryl methyl sites for hydroxylation is 2. The Hall–Kier alpha value is -1.41. The van der Waals surface area contributed by atoms with Crippen LogP contribution in [0.1, 0.15) is 83.1 Å². The Bertz CT molecular complexity index is 891. The quantitative estimate of drug-likeness (QED) is 0.521. The van der Waals surface area contributed by atoms with Gasteiger partial charge >= 0.3 is 0 Å². The molecule has 0 saturated heterocycles. The minimum absolute atomic E-state index is 0.149. The highest BCUT2D eigenvalue weighted by Gasteiger charge is 2.33. The Morgan fingerprint density at radius 2 is 1.46 bits per heavy atom. The Morgan fingerprint density at radius 3 is 2.18 bits per heavy atom. The van der Waals surface area contributed by atoms with Gasteiger partial charge in [0.15, 0.2) is 4.93 Å². The molecule has 0 aromatic heterocycles. The lowest BCUT2D eigenvalue weighted by molar-refractivity contribution is 0.215. The van der Waals surface area contributed by atoms with Gasteiger partial charge in [-0.25, -0.2) is 0 Å². The van der Waals surface area contributed by atoms with E-state index in [0.29, 0.717) is 0 Å². The summed E-state index contributed by atoms with van der Waals surface area (Å²) >= 11 is 1.83. The van der Waals surface area contributed by atoms with E-state index in [0.717, 1.165) is 5.75 Å². The lowest BCUT2D eigenvalue weighted by atomic mass is 9.72. The van der Waals surface area contributed by atoms with Crippen LogP contribution in [0.5, 0.6) is 5.75 Å². The topological polar surface area (TPSA) is 9.23 Å². The maximum atomic E-state index is 6.03. The number of hydrogen-bond acceptors (Lipinski definition) is 2. The van der Waals surface area contributed by atoms with Gasteiger partial charge in [0.25, 0.3) is 0 Å². The second-order valence-electron chi connectivity index (χ2n) is 10.4. The molecular formula is C26H34OS. The van der Waals surface area contributed by atoms with E-state index >= 15 is 0 Å². The van der Waals surface area contributed by atoms with Crippen molar-refractivity contribution in [2.45, 2.75) is 94.3 Å². The van der Waals surface area contributed by atoms with Crippen LogP contribution in [0, 0.1) is 0 Å². The first-order valence-corrected chi connectivity index (χ1v) is 11.5. The van der Waals surface area contributed by atoms with Gasteiger partial charge in [0.05, 0.1) is 4.90 Å². The molecule has 0 fully saturated rings. The van der Waals surface area contributed by atoms with Crippen molar-refractivity contribution in [2.75, 3.05) is 0 Å². The van der Waals surface area contributed by atoms with Crippen molar-refractivity contribution in [2.24, 2.45) is 0 Å². The molecule has 1 heterocycles. The molecular weight excluding hydrogens is 360 g/mol. The summed E-state index contributed by atoms with van der Waals surface area (Å²) in [6.07, 6.45) is 6.20. The number of thioether (sulfide) groups is 1. The van der Waals surface area contributed by atoms with Gasteiger partial charge in [-0.1, -0.05) is 63.7 Å². The molecule has 2 aliphatic rings. The first kappa shape index (κ1) is 19.9. The van der Waals surface area contributed by atoms with Gasteiger partial charge in [0.2, 0.25) is 0 Å². The summed E-state index contributed by atoms with van der Waals surface area (Å²) in [5.41, 5.74) is 6.43. The summed E-state index contributed by atoms with van der Waals surface area (Å²) < 4.78 is 6.03. The number of hydrogen-bond donors (Lipinski definition) is 0. The maximum Gasteiger partial charge on any atom is 0.153 e. The van der Waals surface area contributed by atoms with Gasteiger partial charge in [-0.2, -0.15) is 0 Å². The summed E-state index contributed by atoms with van der Waals surface area (Å²) in [7, 11) is 0. The third kappa shape index (κ3) is 3.85. The van der Waals surface area contributed by atoms with Gasteiger partial charge in [-0.3, -0.25) is 0 Å². The summed E-state index contributed by atoms with van der Waals surface area (Å²) in [6, 6.07) is 14.0. The van der Waals surface area contributed by atoms with Crippen molar-refractivity contribution < 1.29 is 4.74 Å². The lowest BCUT2D eigenvalue weighted by Crippen LogP contribution is -2.24. The van der Waals surface area contributed by atoms with E-state index in [9.17, 15) is 0 Å². The molecule has 1 nitrogen and oxygen atoms in total. The molecule has 28 heavy (non-hydrogen) atoms. The van der Waals surface area contributed by atoms with Gasteiger partial charge < -0.3 is 4.74 Å². The van der Waals surface area contributed by atoms with Crippen LogP contribution in [0.4, 0.5) is 0 Å². The van der Waals surface area contributed by atoms with Crippen molar-refractivity contribution in [1.29, 1.82) is 0 Å². The Morgan fingerprint density at radius 1 is 0.857 bits per heavy atom. The average Bonchev–Trinajstić information content (AvgIpc) is 3.20. The van der Waals surface area contributed by atoms with E-state index in [1.165, 1.54) is 48.1 Å². The van der Waals surface area contributed by atoms with Crippen LogP contribution in [0.25, 0.3) is 0 Å². The minimum Gasteiger partial charge on any atom is -0.476 e. The lowest BCUT2D eigenvalue weighted by Gasteiger charge is -2.32. The molecule has 2 aromatic rings. The molecule has 150 valence electrons. The van der Waals surface area contributed by atoms with Crippen LogP contribution in [-0.2, 0) is 23.7 Å². The predicted molar refractivity (Wildman–Crippen MR) is 121 cm³/mol. The molecule has 0 unspecified atom stereocenters. The Kier molecular flexibility index (Phi) is 4.85.